The minimum absolute atomic E-state index is 0.250. The average molecular weight is 314 g/mol. The van der Waals surface area contributed by atoms with Crippen molar-refractivity contribution in [3.8, 4) is 5.75 Å². The lowest BCUT2D eigenvalue weighted by Gasteiger charge is -2.36. The van der Waals surface area contributed by atoms with Crippen molar-refractivity contribution in [2.45, 2.75) is 31.4 Å². The van der Waals surface area contributed by atoms with Crippen molar-refractivity contribution in [1.82, 2.24) is 10.6 Å². The first kappa shape index (κ1) is 15.6. The fraction of sp³-hybridized carbons (Fsp3) is 0.389. The molecule has 0 atom stereocenters. The van der Waals surface area contributed by atoms with Crippen LogP contribution in [0.3, 0.4) is 0 Å². The van der Waals surface area contributed by atoms with Crippen molar-refractivity contribution in [3.63, 3.8) is 0 Å². The summed E-state index contributed by atoms with van der Waals surface area (Å²) >= 11 is 0. The number of hydrogen-bond donors (Lipinski definition) is 3. The highest BCUT2D eigenvalue weighted by molar-refractivity contribution is 5.84. The third kappa shape index (κ3) is 3.74. The Bertz CT molecular complexity index is 710. The molecule has 5 heteroatoms. The number of carbonyl (C=O) groups is 1. The summed E-state index contributed by atoms with van der Waals surface area (Å²) < 4.78 is 5.21. The maximum absolute atomic E-state index is 11.8. The Balaban J connectivity index is 1.55. The summed E-state index contributed by atoms with van der Waals surface area (Å²) in [6.07, 6.45) is 2.56. The second-order valence-corrected chi connectivity index (χ2v) is 6.16. The lowest BCUT2D eigenvalue weighted by molar-refractivity contribution is -0.0290. The van der Waals surface area contributed by atoms with E-state index in [1.807, 2.05) is 30.3 Å². The number of methoxy groups -OCH3 is 1. The molecule has 23 heavy (non-hydrogen) atoms. The van der Waals surface area contributed by atoms with E-state index in [0.29, 0.717) is 13.1 Å². The normalized spacial score (nSPS) is 15.7. The topological polar surface area (TPSA) is 70.6 Å². The van der Waals surface area contributed by atoms with E-state index in [9.17, 15) is 9.90 Å². The summed E-state index contributed by atoms with van der Waals surface area (Å²) in [5.41, 5.74) is 0.333. The molecule has 1 saturated carbocycles. The van der Waals surface area contributed by atoms with Crippen LogP contribution in [0, 0.1) is 0 Å². The van der Waals surface area contributed by atoms with E-state index in [1.165, 1.54) is 0 Å². The molecule has 1 aliphatic rings. The third-order valence-corrected chi connectivity index (χ3v) is 4.43. The summed E-state index contributed by atoms with van der Waals surface area (Å²) in [5, 5.41) is 17.7. The zero-order valence-electron chi connectivity index (χ0n) is 13.3. The summed E-state index contributed by atoms with van der Waals surface area (Å²) in [6.45, 7) is 0.766. The van der Waals surface area contributed by atoms with Gasteiger partial charge in [-0.1, -0.05) is 18.2 Å². The minimum Gasteiger partial charge on any atom is -0.497 e. The predicted molar refractivity (Wildman–Crippen MR) is 89.5 cm³/mol. The number of carbonyl (C=O) groups excluding carboxylic acids is 1. The van der Waals surface area contributed by atoms with E-state index < -0.39 is 5.60 Å². The second kappa shape index (κ2) is 6.46. The lowest BCUT2D eigenvalue weighted by Crippen LogP contribution is -2.49. The molecule has 2 aromatic carbocycles. The fourth-order valence-corrected chi connectivity index (χ4v) is 2.76. The van der Waals surface area contributed by atoms with E-state index in [1.54, 1.807) is 7.11 Å². The molecule has 122 valence electrons. The number of benzene rings is 2. The highest BCUT2D eigenvalue weighted by Crippen LogP contribution is 2.30. The van der Waals surface area contributed by atoms with Crippen LogP contribution < -0.4 is 15.4 Å². The number of aliphatic hydroxyl groups is 1. The molecule has 0 aromatic heterocycles. The molecule has 0 bridgehead atoms. The standard InChI is InChI=1S/C18H22N2O3/c1-23-16-6-5-14-9-13(3-4-15(14)10-16)11-19-17(21)20-12-18(22)7-2-8-18/h3-6,9-10,22H,2,7-8,11-12H2,1H3,(H2,19,20,21). The Morgan fingerprint density at radius 1 is 1.17 bits per heavy atom. The Morgan fingerprint density at radius 3 is 2.61 bits per heavy atom. The zero-order valence-corrected chi connectivity index (χ0v) is 13.3. The fourth-order valence-electron chi connectivity index (χ4n) is 2.76. The van der Waals surface area contributed by atoms with Gasteiger partial charge in [-0.25, -0.2) is 4.79 Å². The van der Waals surface area contributed by atoms with Crippen LogP contribution in [-0.4, -0.2) is 30.4 Å². The van der Waals surface area contributed by atoms with Gasteiger partial charge in [-0.2, -0.15) is 0 Å². The first-order valence-electron chi connectivity index (χ1n) is 7.89. The molecule has 0 heterocycles. The Labute approximate surface area is 135 Å². The SMILES string of the molecule is COc1ccc2cc(CNC(=O)NCC3(O)CCC3)ccc2c1. The molecule has 2 aromatic rings. The Morgan fingerprint density at radius 2 is 1.91 bits per heavy atom. The van der Waals surface area contributed by atoms with E-state index in [0.717, 1.165) is 41.3 Å². The van der Waals surface area contributed by atoms with Crippen LogP contribution in [-0.2, 0) is 6.54 Å². The van der Waals surface area contributed by atoms with Crippen LogP contribution in [0.25, 0.3) is 10.8 Å². The van der Waals surface area contributed by atoms with Crippen LogP contribution in [0.2, 0.25) is 0 Å². The van der Waals surface area contributed by atoms with Crippen molar-refractivity contribution in [3.05, 3.63) is 42.0 Å². The number of hydrogen-bond acceptors (Lipinski definition) is 3. The number of nitrogens with one attached hydrogen (secondary N) is 2. The first-order valence-corrected chi connectivity index (χ1v) is 7.89. The van der Waals surface area contributed by atoms with Crippen molar-refractivity contribution < 1.29 is 14.6 Å². The molecule has 0 spiro atoms. The number of amides is 2. The van der Waals surface area contributed by atoms with Crippen molar-refractivity contribution in [2.24, 2.45) is 0 Å². The molecular weight excluding hydrogens is 292 g/mol. The highest BCUT2D eigenvalue weighted by atomic mass is 16.5. The quantitative estimate of drug-likeness (QED) is 0.794. The second-order valence-electron chi connectivity index (χ2n) is 6.16. The van der Waals surface area contributed by atoms with Crippen LogP contribution >= 0.6 is 0 Å². The van der Waals surface area contributed by atoms with Gasteiger partial charge in [-0.15, -0.1) is 0 Å². The lowest BCUT2D eigenvalue weighted by atomic mass is 9.80. The first-order chi connectivity index (χ1) is 11.1. The summed E-state index contributed by atoms with van der Waals surface area (Å²) in [5.74, 6) is 0.830. The van der Waals surface area contributed by atoms with Crippen LogP contribution in [0.5, 0.6) is 5.75 Å². The molecule has 3 N–H and O–H groups in total. The molecule has 1 fully saturated rings. The number of fused-ring (bicyclic) bond motifs is 1. The largest absolute Gasteiger partial charge is 0.497 e. The Kier molecular flexibility index (Phi) is 4.39. The van der Waals surface area contributed by atoms with Gasteiger partial charge in [0.05, 0.1) is 12.7 Å². The third-order valence-electron chi connectivity index (χ3n) is 4.43. The van der Waals surface area contributed by atoms with Gasteiger partial charge >= 0.3 is 6.03 Å². The van der Waals surface area contributed by atoms with E-state index in [2.05, 4.69) is 16.7 Å². The van der Waals surface area contributed by atoms with Gasteiger partial charge in [0.1, 0.15) is 5.75 Å². The van der Waals surface area contributed by atoms with Gasteiger partial charge in [0, 0.05) is 13.1 Å². The number of ether oxygens (including phenoxy) is 1. The molecule has 2 amide bonds. The van der Waals surface area contributed by atoms with Gasteiger partial charge in [0.25, 0.3) is 0 Å². The monoisotopic (exact) mass is 314 g/mol. The highest BCUT2D eigenvalue weighted by Gasteiger charge is 2.34. The zero-order chi connectivity index (χ0) is 16.3. The molecule has 0 saturated heterocycles. The van der Waals surface area contributed by atoms with Crippen LogP contribution in [0.15, 0.2) is 36.4 Å². The van der Waals surface area contributed by atoms with Crippen molar-refractivity contribution >= 4 is 16.8 Å². The van der Waals surface area contributed by atoms with Gasteiger partial charge < -0.3 is 20.5 Å². The van der Waals surface area contributed by atoms with E-state index in [-0.39, 0.29) is 6.03 Å². The van der Waals surface area contributed by atoms with Crippen molar-refractivity contribution in [2.75, 3.05) is 13.7 Å². The molecule has 0 radical (unpaired) electrons. The Hall–Kier alpha value is -2.27. The molecule has 5 nitrogen and oxygen atoms in total. The summed E-state index contributed by atoms with van der Waals surface area (Å²) in [4.78, 5) is 11.8. The van der Waals surface area contributed by atoms with Gasteiger partial charge in [0.15, 0.2) is 0 Å². The molecule has 1 aliphatic carbocycles. The van der Waals surface area contributed by atoms with E-state index >= 15 is 0 Å². The van der Waals surface area contributed by atoms with E-state index in [4.69, 9.17) is 4.74 Å². The van der Waals surface area contributed by atoms with Gasteiger partial charge in [0.2, 0.25) is 0 Å². The average Bonchev–Trinajstić information content (AvgIpc) is 2.55. The van der Waals surface area contributed by atoms with Crippen LogP contribution in [0.4, 0.5) is 4.79 Å². The minimum atomic E-state index is -0.695. The predicted octanol–water partition coefficient (Wildman–Crippen LogP) is 2.56. The van der Waals surface area contributed by atoms with Crippen LogP contribution in [0.1, 0.15) is 24.8 Å². The van der Waals surface area contributed by atoms with Gasteiger partial charge in [-0.3, -0.25) is 0 Å². The summed E-state index contributed by atoms with van der Waals surface area (Å²) in [7, 11) is 1.65. The molecule has 0 unspecified atom stereocenters. The molecule has 3 rings (SSSR count). The maximum atomic E-state index is 11.8. The molecular formula is C18H22N2O3. The number of urea groups is 1. The van der Waals surface area contributed by atoms with Crippen molar-refractivity contribution in [1.29, 1.82) is 0 Å². The number of rotatable bonds is 5. The maximum Gasteiger partial charge on any atom is 0.315 e. The van der Waals surface area contributed by atoms with Gasteiger partial charge in [-0.05, 0) is 53.8 Å². The smallest absolute Gasteiger partial charge is 0.315 e. The molecule has 0 aliphatic heterocycles. The summed E-state index contributed by atoms with van der Waals surface area (Å²) in [6, 6.07) is 11.7.